The Labute approximate surface area is 107 Å². The highest BCUT2D eigenvalue weighted by molar-refractivity contribution is 7.16. The Balaban J connectivity index is 2.72. The van der Waals surface area contributed by atoms with Gasteiger partial charge in [-0.25, -0.2) is 4.98 Å². The van der Waals surface area contributed by atoms with E-state index in [4.69, 9.17) is 11.6 Å². The molecule has 0 atom stereocenters. The van der Waals surface area contributed by atoms with Gasteiger partial charge in [-0.1, -0.05) is 36.8 Å². The molecule has 1 aromatic rings. The maximum atomic E-state index is 6.12. The molecule has 92 valence electrons. The number of hydrogen-bond donors (Lipinski definition) is 1. The van der Waals surface area contributed by atoms with Gasteiger partial charge in [0.25, 0.3) is 0 Å². The van der Waals surface area contributed by atoms with Crippen molar-refractivity contribution in [3.8, 4) is 0 Å². The Morgan fingerprint density at radius 3 is 2.50 bits per heavy atom. The molecular formula is C11H20ClN3S. The molecular weight excluding hydrogens is 242 g/mol. The summed E-state index contributed by atoms with van der Waals surface area (Å²) in [6.45, 7) is 11.3. The first-order chi connectivity index (χ1) is 7.58. The molecule has 0 spiro atoms. The van der Waals surface area contributed by atoms with E-state index in [-0.39, 0.29) is 0 Å². The molecule has 0 aromatic carbocycles. The second kappa shape index (κ2) is 6.42. The van der Waals surface area contributed by atoms with Gasteiger partial charge in [-0.15, -0.1) is 0 Å². The lowest BCUT2D eigenvalue weighted by atomic mass is 10.4. The molecule has 0 amide bonds. The zero-order valence-corrected chi connectivity index (χ0v) is 12.0. The fraction of sp³-hybridized carbons (Fsp3) is 0.727. The molecule has 0 radical (unpaired) electrons. The number of halogens is 1. The van der Waals surface area contributed by atoms with Gasteiger partial charge in [0.1, 0.15) is 5.15 Å². The molecule has 1 N–H and O–H groups in total. The van der Waals surface area contributed by atoms with Crippen LogP contribution in [0.25, 0.3) is 0 Å². The number of aromatic nitrogens is 1. The normalized spacial score (nSPS) is 11.1. The molecule has 0 aliphatic carbocycles. The second-order valence-electron chi connectivity index (χ2n) is 3.92. The number of nitrogens with one attached hydrogen (secondary N) is 1. The minimum atomic E-state index is 0.468. The average Bonchev–Trinajstić information content (AvgIpc) is 2.59. The zero-order valence-electron chi connectivity index (χ0n) is 10.4. The molecule has 1 aromatic heterocycles. The molecule has 16 heavy (non-hydrogen) atoms. The van der Waals surface area contributed by atoms with Crippen molar-refractivity contribution in [1.82, 2.24) is 10.3 Å². The predicted molar refractivity (Wildman–Crippen MR) is 72.7 cm³/mol. The zero-order chi connectivity index (χ0) is 12.1. The van der Waals surface area contributed by atoms with E-state index in [1.54, 1.807) is 11.3 Å². The molecule has 1 heterocycles. The van der Waals surface area contributed by atoms with Crippen molar-refractivity contribution in [2.75, 3.05) is 18.0 Å². The van der Waals surface area contributed by atoms with Gasteiger partial charge >= 0.3 is 0 Å². The molecule has 5 heteroatoms. The summed E-state index contributed by atoms with van der Waals surface area (Å²) in [6.07, 6.45) is 0. The van der Waals surface area contributed by atoms with Gasteiger partial charge in [-0.2, -0.15) is 0 Å². The summed E-state index contributed by atoms with van der Waals surface area (Å²) in [5, 5.41) is 5.02. The molecule has 0 aliphatic heterocycles. The monoisotopic (exact) mass is 261 g/mol. The topological polar surface area (TPSA) is 28.2 Å². The first-order valence-electron chi connectivity index (χ1n) is 5.72. The fourth-order valence-corrected chi connectivity index (χ4v) is 2.70. The highest BCUT2D eigenvalue weighted by Gasteiger charge is 2.12. The average molecular weight is 262 g/mol. The van der Waals surface area contributed by atoms with Crippen LogP contribution < -0.4 is 10.2 Å². The molecule has 3 nitrogen and oxygen atoms in total. The van der Waals surface area contributed by atoms with E-state index < -0.39 is 0 Å². The molecule has 0 fully saturated rings. The Kier molecular flexibility index (Phi) is 5.52. The van der Waals surface area contributed by atoms with Crippen LogP contribution in [-0.4, -0.2) is 24.1 Å². The number of rotatable bonds is 6. The van der Waals surface area contributed by atoms with Gasteiger partial charge in [0.05, 0.1) is 4.88 Å². The largest absolute Gasteiger partial charge is 0.349 e. The van der Waals surface area contributed by atoms with Crippen LogP contribution in [0, 0.1) is 0 Å². The van der Waals surface area contributed by atoms with E-state index in [1.807, 2.05) is 0 Å². The van der Waals surface area contributed by atoms with Crippen LogP contribution in [0.1, 0.15) is 32.6 Å². The fourth-order valence-electron chi connectivity index (χ4n) is 1.36. The smallest absolute Gasteiger partial charge is 0.187 e. The predicted octanol–water partition coefficient (Wildman–Crippen LogP) is 3.14. The summed E-state index contributed by atoms with van der Waals surface area (Å²) >= 11 is 7.80. The third-order valence-corrected chi connectivity index (χ3v) is 3.88. The van der Waals surface area contributed by atoms with Crippen molar-refractivity contribution in [3.63, 3.8) is 0 Å². The minimum absolute atomic E-state index is 0.468. The van der Waals surface area contributed by atoms with E-state index in [2.05, 4.69) is 42.9 Å². The summed E-state index contributed by atoms with van der Waals surface area (Å²) in [6, 6.07) is 0.468. The van der Waals surface area contributed by atoms with Gasteiger partial charge in [0.15, 0.2) is 5.13 Å². The molecule has 0 saturated carbocycles. The summed E-state index contributed by atoms with van der Waals surface area (Å²) in [5.41, 5.74) is 0. The van der Waals surface area contributed by atoms with Gasteiger partial charge in [0, 0.05) is 25.7 Å². The van der Waals surface area contributed by atoms with E-state index in [0.29, 0.717) is 11.2 Å². The number of nitrogens with zero attached hydrogens (tertiary/aromatic N) is 2. The van der Waals surface area contributed by atoms with Crippen molar-refractivity contribution in [1.29, 1.82) is 0 Å². The first kappa shape index (κ1) is 13.7. The number of anilines is 1. The van der Waals surface area contributed by atoms with Crippen molar-refractivity contribution in [2.24, 2.45) is 0 Å². The van der Waals surface area contributed by atoms with E-state index in [9.17, 15) is 0 Å². The lowest BCUT2D eigenvalue weighted by molar-refractivity contribution is 0.593. The minimum Gasteiger partial charge on any atom is -0.349 e. The van der Waals surface area contributed by atoms with Gasteiger partial charge in [-0.05, 0) is 13.8 Å². The van der Waals surface area contributed by atoms with E-state index >= 15 is 0 Å². The molecule has 0 saturated heterocycles. The highest BCUT2D eigenvalue weighted by atomic mass is 35.5. The van der Waals surface area contributed by atoms with Crippen LogP contribution in [0.5, 0.6) is 0 Å². The van der Waals surface area contributed by atoms with Crippen LogP contribution in [0.4, 0.5) is 5.13 Å². The van der Waals surface area contributed by atoms with Crippen molar-refractivity contribution < 1.29 is 0 Å². The molecule has 1 rings (SSSR count). The quantitative estimate of drug-likeness (QED) is 0.853. The Morgan fingerprint density at radius 1 is 1.38 bits per heavy atom. The summed E-state index contributed by atoms with van der Waals surface area (Å²) in [5.74, 6) is 0. The van der Waals surface area contributed by atoms with E-state index in [0.717, 1.165) is 29.6 Å². The number of thiazole rings is 1. The van der Waals surface area contributed by atoms with Gasteiger partial charge < -0.3 is 10.2 Å². The van der Waals surface area contributed by atoms with E-state index in [1.165, 1.54) is 0 Å². The van der Waals surface area contributed by atoms with Crippen LogP contribution in [0.2, 0.25) is 5.15 Å². The lowest BCUT2D eigenvalue weighted by Gasteiger charge is -2.16. The summed E-state index contributed by atoms with van der Waals surface area (Å²) in [4.78, 5) is 7.74. The second-order valence-corrected chi connectivity index (χ2v) is 5.34. The van der Waals surface area contributed by atoms with Crippen LogP contribution >= 0.6 is 22.9 Å². The highest BCUT2D eigenvalue weighted by Crippen LogP contribution is 2.29. The maximum absolute atomic E-state index is 6.12. The first-order valence-corrected chi connectivity index (χ1v) is 6.91. The third kappa shape index (κ3) is 3.61. The number of hydrogen-bond acceptors (Lipinski definition) is 4. The van der Waals surface area contributed by atoms with Crippen LogP contribution in [0.3, 0.4) is 0 Å². The van der Waals surface area contributed by atoms with Crippen molar-refractivity contribution in [2.45, 2.75) is 40.3 Å². The Bertz CT molecular complexity index is 321. The molecule has 0 aliphatic rings. The lowest BCUT2D eigenvalue weighted by Crippen LogP contribution is -2.21. The maximum Gasteiger partial charge on any atom is 0.187 e. The SMILES string of the molecule is CCN(CC)c1nc(Cl)c(CNC(C)C)s1. The summed E-state index contributed by atoms with van der Waals surface area (Å²) < 4.78 is 0. The van der Waals surface area contributed by atoms with Crippen molar-refractivity contribution >= 4 is 28.1 Å². The van der Waals surface area contributed by atoms with Gasteiger partial charge in [0.2, 0.25) is 0 Å². The van der Waals surface area contributed by atoms with Crippen molar-refractivity contribution in [3.05, 3.63) is 10.0 Å². The molecule has 0 bridgehead atoms. The van der Waals surface area contributed by atoms with Crippen LogP contribution in [-0.2, 0) is 6.54 Å². The Hall–Kier alpha value is -0.320. The molecule has 0 unspecified atom stereocenters. The third-order valence-electron chi connectivity index (χ3n) is 2.34. The Morgan fingerprint density at radius 2 is 2.00 bits per heavy atom. The summed E-state index contributed by atoms with van der Waals surface area (Å²) in [7, 11) is 0. The van der Waals surface area contributed by atoms with Gasteiger partial charge in [-0.3, -0.25) is 0 Å². The van der Waals surface area contributed by atoms with Crippen LogP contribution in [0.15, 0.2) is 0 Å². The standard InChI is InChI=1S/C11H20ClN3S/c1-5-15(6-2)11-14-10(12)9(16-11)7-13-8(3)4/h8,13H,5-7H2,1-4H3.